The molecule has 0 bridgehead atoms. The molecule has 1 aliphatic heterocycles. The molecule has 0 saturated heterocycles. The molecule has 1 N–H and O–H groups in total. The number of carbonyl (C=O) groups excluding carboxylic acids is 1. The summed E-state index contributed by atoms with van der Waals surface area (Å²) in [5, 5.41) is 1.89. The summed E-state index contributed by atoms with van der Waals surface area (Å²) in [6.07, 6.45) is 0.747. The molecule has 2 heterocycles. The van der Waals surface area contributed by atoms with E-state index in [1.165, 1.54) is 11.3 Å². The summed E-state index contributed by atoms with van der Waals surface area (Å²) in [5.41, 5.74) is 4.13. The maximum Gasteiger partial charge on any atom is 0.264 e. The third-order valence-electron chi connectivity index (χ3n) is 5.52. The van der Waals surface area contributed by atoms with Crippen molar-refractivity contribution in [2.45, 2.75) is 38.6 Å². The maximum atomic E-state index is 13.1. The van der Waals surface area contributed by atoms with Gasteiger partial charge >= 0.3 is 0 Å². The first-order valence-corrected chi connectivity index (χ1v) is 12.9. The Morgan fingerprint density at radius 1 is 1.12 bits per heavy atom. The Kier molecular flexibility index (Phi) is 6.26. The van der Waals surface area contributed by atoms with Gasteiger partial charge in [-0.2, -0.15) is 0 Å². The van der Waals surface area contributed by atoms with Gasteiger partial charge in [-0.1, -0.05) is 12.1 Å². The number of amides is 1. The van der Waals surface area contributed by atoms with Gasteiger partial charge in [-0.25, -0.2) is 8.42 Å². The lowest BCUT2D eigenvalue weighted by Gasteiger charge is -2.29. The molecule has 3 aromatic rings. The van der Waals surface area contributed by atoms with Crippen LogP contribution in [0.3, 0.4) is 0 Å². The van der Waals surface area contributed by atoms with Crippen LogP contribution >= 0.6 is 11.3 Å². The first-order valence-electron chi connectivity index (χ1n) is 10.5. The lowest BCUT2D eigenvalue weighted by atomic mass is 9.99. The third-order valence-corrected chi connectivity index (χ3v) is 7.74. The van der Waals surface area contributed by atoms with E-state index in [1.807, 2.05) is 55.3 Å². The molecular formula is C24H26N2O4S2. The molecule has 0 fully saturated rings. The van der Waals surface area contributed by atoms with E-state index in [-0.39, 0.29) is 10.8 Å². The highest BCUT2D eigenvalue weighted by Gasteiger charge is 2.24. The van der Waals surface area contributed by atoms with Crippen LogP contribution in [0.25, 0.3) is 0 Å². The number of rotatable bonds is 6. The fraction of sp³-hybridized carbons (Fsp3) is 0.292. The number of benzene rings is 2. The predicted molar refractivity (Wildman–Crippen MR) is 127 cm³/mol. The lowest BCUT2D eigenvalue weighted by molar-refractivity contribution is 0.0739. The summed E-state index contributed by atoms with van der Waals surface area (Å²) in [6, 6.07) is 12.5. The van der Waals surface area contributed by atoms with Crippen molar-refractivity contribution in [3.05, 3.63) is 75.0 Å². The van der Waals surface area contributed by atoms with Crippen molar-refractivity contribution >= 4 is 33.0 Å². The third kappa shape index (κ3) is 4.52. The molecule has 1 aliphatic rings. The second-order valence-electron chi connectivity index (χ2n) is 7.86. The Hall–Kier alpha value is -2.84. The zero-order valence-corrected chi connectivity index (χ0v) is 20.0. The highest BCUT2D eigenvalue weighted by Crippen LogP contribution is 2.29. The highest BCUT2D eigenvalue weighted by molar-refractivity contribution is 7.92. The molecular weight excluding hydrogens is 444 g/mol. The Morgan fingerprint density at radius 3 is 2.53 bits per heavy atom. The highest BCUT2D eigenvalue weighted by atomic mass is 32.2. The van der Waals surface area contributed by atoms with Crippen molar-refractivity contribution in [3.63, 3.8) is 0 Å². The zero-order chi connectivity index (χ0) is 22.9. The molecule has 1 aromatic heterocycles. The van der Waals surface area contributed by atoms with Crippen molar-refractivity contribution in [2.24, 2.45) is 0 Å². The number of hydrogen-bond acceptors (Lipinski definition) is 5. The van der Waals surface area contributed by atoms with E-state index < -0.39 is 10.0 Å². The van der Waals surface area contributed by atoms with Crippen LogP contribution in [0.4, 0.5) is 5.69 Å². The van der Waals surface area contributed by atoms with Crippen molar-refractivity contribution in [3.8, 4) is 5.75 Å². The average molecular weight is 471 g/mol. The normalized spacial score (nSPS) is 13.5. The summed E-state index contributed by atoms with van der Waals surface area (Å²) < 4.78 is 34.4. The summed E-state index contributed by atoms with van der Waals surface area (Å²) in [4.78, 5) is 15.4. The molecule has 2 aromatic carbocycles. The van der Waals surface area contributed by atoms with E-state index in [0.29, 0.717) is 30.3 Å². The van der Waals surface area contributed by atoms with Gasteiger partial charge in [-0.3, -0.25) is 9.52 Å². The van der Waals surface area contributed by atoms with Crippen LogP contribution < -0.4 is 9.46 Å². The standard InChI is InChI=1S/C24H26N2O4S2/c1-4-30-23-16(2)12-21(13-17(23)3)32(28,29)25-20-8-7-18-9-10-26(15-19(18)14-20)24(27)22-6-5-11-31-22/h5-8,11-14,25H,4,9-10,15H2,1-3H3. The van der Waals surface area contributed by atoms with Gasteiger partial charge in [0.15, 0.2) is 0 Å². The molecule has 6 nitrogen and oxygen atoms in total. The minimum atomic E-state index is -3.77. The smallest absolute Gasteiger partial charge is 0.264 e. The van der Waals surface area contributed by atoms with Gasteiger partial charge in [-0.05, 0) is 85.2 Å². The van der Waals surface area contributed by atoms with Crippen molar-refractivity contribution in [1.29, 1.82) is 0 Å². The van der Waals surface area contributed by atoms with Gasteiger partial charge < -0.3 is 9.64 Å². The van der Waals surface area contributed by atoms with Gasteiger partial charge in [0, 0.05) is 18.8 Å². The molecule has 1 amide bonds. The molecule has 0 spiro atoms. The van der Waals surface area contributed by atoms with Crippen molar-refractivity contribution in [2.75, 3.05) is 17.9 Å². The van der Waals surface area contributed by atoms with E-state index >= 15 is 0 Å². The molecule has 168 valence electrons. The molecule has 0 atom stereocenters. The van der Waals surface area contributed by atoms with Gasteiger partial charge in [0.1, 0.15) is 5.75 Å². The Bertz CT molecular complexity index is 1230. The average Bonchev–Trinajstić information content (AvgIpc) is 3.29. The first kappa shape index (κ1) is 22.4. The molecule has 32 heavy (non-hydrogen) atoms. The van der Waals surface area contributed by atoms with Gasteiger partial charge in [-0.15, -0.1) is 11.3 Å². The molecule has 0 aliphatic carbocycles. The minimum Gasteiger partial charge on any atom is -0.493 e. The number of fused-ring (bicyclic) bond motifs is 1. The Labute approximate surface area is 192 Å². The van der Waals surface area contributed by atoms with E-state index in [9.17, 15) is 13.2 Å². The summed E-state index contributed by atoms with van der Waals surface area (Å²) in [7, 11) is -3.77. The Morgan fingerprint density at radius 2 is 1.88 bits per heavy atom. The van der Waals surface area contributed by atoms with E-state index in [0.717, 1.165) is 34.4 Å². The minimum absolute atomic E-state index is 0.0111. The lowest BCUT2D eigenvalue weighted by Crippen LogP contribution is -2.35. The van der Waals surface area contributed by atoms with Crippen LogP contribution in [0.5, 0.6) is 5.75 Å². The number of nitrogens with one attached hydrogen (secondary N) is 1. The van der Waals surface area contributed by atoms with E-state index in [1.54, 1.807) is 18.2 Å². The quantitative estimate of drug-likeness (QED) is 0.563. The van der Waals surface area contributed by atoms with Crippen LogP contribution in [0, 0.1) is 13.8 Å². The number of nitrogens with zero attached hydrogens (tertiary/aromatic N) is 1. The molecule has 4 rings (SSSR count). The summed E-state index contributed by atoms with van der Waals surface area (Å²) in [5.74, 6) is 0.729. The fourth-order valence-electron chi connectivity index (χ4n) is 4.00. The van der Waals surface area contributed by atoms with Crippen LogP contribution in [-0.2, 0) is 23.0 Å². The van der Waals surface area contributed by atoms with E-state index in [2.05, 4.69) is 4.72 Å². The Balaban J connectivity index is 1.56. The van der Waals surface area contributed by atoms with Crippen LogP contribution in [0.2, 0.25) is 0 Å². The molecule has 8 heteroatoms. The predicted octanol–water partition coefficient (Wildman–Crippen LogP) is 4.76. The second kappa shape index (κ2) is 8.96. The van der Waals surface area contributed by atoms with Crippen LogP contribution in [0.15, 0.2) is 52.7 Å². The number of aryl methyl sites for hydroxylation is 2. The first-order chi connectivity index (χ1) is 15.3. The number of thiophene rings is 1. The van der Waals surface area contributed by atoms with Crippen LogP contribution in [0.1, 0.15) is 38.8 Å². The number of carbonyl (C=O) groups is 1. The van der Waals surface area contributed by atoms with Gasteiger partial charge in [0.2, 0.25) is 0 Å². The SMILES string of the molecule is CCOc1c(C)cc(S(=O)(=O)Nc2ccc3c(c2)CN(C(=O)c2cccs2)CC3)cc1C. The largest absolute Gasteiger partial charge is 0.493 e. The van der Waals surface area contributed by atoms with Gasteiger partial charge in [0.25, 0.3) is 15.9 Å². The monoisotopic (exact) mass is 470 g/mol. The van der Waals surface area contributed by atoms with Crippen molar-refractivity contribution < 1.29 is 17.9 Å². The summed E-state index contributed by atoms with van der Waals surface area (Å²) in [6.45, 7) is 7.22. The zero-order valence-electron chi connectivity index (χ0n) is 18.3. The number of anilines is 1. The topological polar surface area (TPSA) is 75.7 Å². The molecule has 0 unspecified atom stereocenters. The van der Waals surface area contributed by atoms with E-state index in [4.69, 9.17) is 4.74 Å². The van der Waals surface area contributed by atoms with Crippen molar-refractivity contribution in [1.82, 2.24) is 4.90 Å². The second-order valence-corrected chi connectivity index (χ2v) is 10.5. The fourth-order valence-corrected chi connectivity index (χ4v) is 5.91. The summed E-state index contributed by atoms with van der Waals surface area (Å²) >= 11 is 1.43. The van der Waals surface area contributed by atoms with Crippen LogP contribution in [-0.4, -0.2) is 32.4 Å². The number of ether oxygens (including phenoxy) is 1. The molecule has 0 saturated carbocycles. The maximum absolute atomic E-state index is 13.1. The number of sulfonamides is 1. The van der Waals surface area contributed by atoms with Gasteiger partial charge in [0.05, 0.1) is 16.4 Å². The number of hydrogen-bond donors (Lipinski definition) is 1. The molecule has 0 radical (unpaired) electrons.